The van der Waals surface area contributed by atoms with E-state index in [1.54, 1.807) is 36.4 Å². The Morgan fingerprint density at radius 1 is 0.763 bits per heavy atom. The van der Waals surface area contributed by atoms with Crippen molar-refractivity contribution in [3.63, 3.8) is 0 Å². The molecule has 2 saturated carbocycles. The summed E-state index contributed by atoms with van der Waals surface area (Å²) in [6.07, 6.45) is 4.59. The Balaban J connectivity index is 1.53. The lowest BCUT2D eigenvalue weighted by Gasteiger charge is -2.47. The molecular weight excluding hydrogens is 759 g/mol. The Hall–Kier alpha value is -4.80. The molecule has 1 amide bonds. The molecule has 3 aromatic rings. The molecule has 2 aliphatic rings. The monoisotopic (exact) mass is 821 g/mol. The summed E-state index contributed by atoms with van der Waals surface area (Å²) in [4.78, 5) is 55.0. The van der Waals surface area contributed by atoms with Crippen LogP contribution < -0.4 is 5.32 Å². The second kappa shape index (κ2) is 20.9. The quantitative estimate of drug-likeness (QED) is 0.0418. The first-order valence-corrected chi connectivity index (χ1v) is 23.4. The number of amides is 1. The number of carbonyl (C=O) groups is 4. The van der Waals surface area contributed by atoms with Gasteiger partial charge in [-0.2, -0.15) is 0 Å². The van der Waals surface area contributed by atoms with Crippen LogP contribution in [0.2, 0.25) is 16.6 Å². The fourth-order valence-electron chi connectivity index (χ4n) is 9.86. The summed E-state index contributed by atoms with van der Waals surface area (Å²) in [7, 11) is -2.78. The number of rotatable bonds is 19. The summed E-state index contributed by atoms with van der Waals surface area (Å²) in [6.45, 7) is 20.6. The van der Waals surface area contributed by atoms with Gasteiger partial charge in [-0.25, -0.2) is 14.4 Å². The zero-order valence-corrected chi connectivity index (χ0v) is 36.6. The molecule has 5 unspecified atom stereocenters. The molecule has 2 bridgehead atoms. The lowest BCUT2D eigenvalue weighted by atomic mass is 9.65. The maximum absolute atomic E-state index is 15.2. The van der Waals surface area contributed by atoms with Crippen molar-refractivity contribution in [3.05, 3.63) is 132 Å². The molecule has 0 aromatic heterocycles. The van der Waals surface area contributed by atoms with E-state index in [0.29, 0.717) is 43.2 Å². The number of allylic oxidation sites excluding steroid dienone is 1. The summed E-state index contributed by atoms with van der Waals surface area (Å²) in [6, 6.07) is 24.9. The number of benzene rings is 3. The average Bonchev–Trinajstić information content (AvgIpc) is 3.23. The summed E-state index contributed by atoms with van der Waals surface area (Å²) >= 11 is 0. The molecule has 7 atom stereocenters. The zero-order chi connectivity index (χ0) is 42.7. The third kappa shape index (κ3) is 11.1. The molecule has 10 heteroatoms. The van der Waals surface area contributed by atoms with Gasteiger partial charge in [0.1, 0.15) is 12.2 Å². The van der Waals surface area contributed by atoms with Crippen molar-refractivity contribution in [3.8, 4) is 0 Å². The SMILES string of the molecule is C=CCCc1ccccc1[C@H](NC(=O)c1ccccc1)[C@H](O[Si](C(C)C)(C(C)C)C(C)C)C(=O)OC1CC2CC(COC(=O)C=C)C(OC(=O)c3ccccc3)C(C2)C1. The molecule has 3 aromatic carbocycles. The highest BCUT2D eigenvalue weighted by Crippen LogP contribution is 2.47. The van der Waals surface area contributed by atoms with Crippen LogP contribution in [0, 0.1) is 17.8 Å². The van der Waals surface area contributed by atoms with Gasteiger partial charge in [0.25, 0.3) is 5.91 Å². The highest BCUT2D eigenvalue weighted by Gasteiger charge is 2.52. The summed E-state index contributed by atoms with van der Waals surface area (Å²) in [5.74, 6) is -2.08. The van der Waals surface area contributed by atoms with Gasteiger partial charge in [-0.15, -0.1) is 6.58 Å². The minimum absolute atomic E-state index is 0.0886. The van der Waals surface area contributed by atoms with Crippen LogP contribution >= 0.6 is 0 Å². The van der Waals surface area contributed by atoms with E-state index in [1.807, 2.05) is 54.6 Å². The predicted molar refractivity (Wildman–Crippen MR) is 233 cm³/mol. The molecule has 5 rings (SSSR count). The number of ether oxygens (including phenoxy) is 3. The van der Waals surface area contributed by atoms with Crippen molar-refractivity contribution in [1.29, 1.82) is 0 Å². The van der Waals surface area contributed by atoms with Crippen molar-refractivity contribution in [1.82, 2.24) is 5.32 Å². The number of esters is 3. The number of carbonyl (C=O) groups excluding carboxylic acids is 4. The minimum atomic E-state index is -2.78. The Bertz CT molecular complexity index is 1870. The Kier molecular flexibility index (Phi) is 16.1. The average molecular weight is 822 g/mol. The van der Waals surface area contributed by atoms with E-state index in [-0.39, 0.29) is 46.9 Å². The first-order chi connectivity index (χ1) is 28.3. The van der Waals surface area contributed by atoms with E-state index in [9.17, 15) is 14.4 Å². The molecular formula is C49H63NO8Si. The fourth-order valence-corrected chi connectivity index (χ4v) is 15.4. The Morgan fingerprint density at radius 2 is 1.37 bits per heavy atom. The Morgan fingerprint density at radius 3 is 1.98 bits per heavy atom. The third-order valence-corrected chi connectivity index (χ3v) is 18.5. The molecule has 0 saturated heterocycles. The van der Waals surface area contributed by atoms with E-state index in [0.717, 1.165) is 23.6 Å². The maximum atomic E-state index is 15.2. The highest BCUT2D eigenvalue weighted by atomic mass is 28.4. The number of hydrogen-bond donors (Lipinski definition) is 1. The van der Waals surface area contributed by atoms with Crippen molar-refractivity contribution < 1.29 is 37.8 Å². The van der Waals surface area contributed by atoms with E-state index < -0.39 is 50.6 Å². The molecule has 1 N–H and O–H groups in total. The summed E-state index contributed by atoms with van der Waals surface area (Å²) in [5, 5.41) is 3.27. The molecule has 59 heavy (non-hydrogen) atoms. The van der Waals surface area contributed by atoms with Crippen LogP contribution in [-0.2, 0) is 34.6 Å². The number of hydrogen-bond acceptors (Lipinski definition) is 8. The topological polar surface area (TPSA) is 117 Å². The molecule has 0 spiro atoms. The number of fused-ring (bicyclic) bond motifs is 2. The maximum Gasteiger partial charge on any atom is 0.338 e. The van der Waals surface area contributed by atoms with Crippen LogP contribution in [0.3, 0.4) is 0 Å². The standard InChI is InChI=1S/C49H63NO8Si/c1-9-11-20-36-21-18-19-26-42(36)44(50-47(52)37-22-14-12-15-23-37)46(58-59(32(3)4,33(5)6)34(7)8)49(54)56-41-29-35-27-39(30-41)45(40(28-35)31-55-43(51)10-2)57-48(53)38-24-16-13-17-25-38/h9-10,12-19,21-26,32-35,39-41,44-46H,1-2,11,20,27-31H2,3-8H3,(H,50,52)/t35?,39?,40?,41?,44-,45?,46-/m0/s1. The van der Waals surface area contributed by atoms with Crippen LogP contribution in [0.5, 0.6) is 0 Å². The van der Waals surface area contributed by atoms with Gasteiger partial charge in [-0.1, -0.05) is 115 Å². The van der Waals surface area contributed by atoms with Crippen LogP contribution in [0.15, 0.2) is 110 Å². The number of aryl methyl sites for hydroxylation is 1. The van der Waals surface area contributed by atoms with Crippen molar-refractivity contribution >= 4 is 32.1 Å². The molecule has 2 aliphatic carbocycles. The summed E-state index contributed by atoms with van der Waals surface area (Å²) in [5.41, 5.74) is 3.10. The van der Waals surface area contributed by atoms with Gasteiger partial charge in [0.05, 0.1) is 18.2 Å². The largest absolute Gasteiger partial charge is 0.462 e. The zero-order valence-electron chi connectivity index (χ0n) is 35.6. The molecule has 0 aliphatic heterocycles. The van der Waals surface area contributed by atoms with Crippen LogP contribution in [0.1, 0.15) is 112 Å². The van der Waals surface area contributed by atoms with Crippen molar-refractivity contribution in [2.24, 2.45) is 17.8 Å². The van der Waals surface area contributed by atoms with Gasteiger partial charge in [0.2, 0.25) is 8.32 Å². The number of nitrogens with one attached hydrogen (secondary N) is 1. The van der Waals surface area contributed by atoms with Crippen molar-refractivity contribution in [2.45, 2.75) is 121 Å². The molecule has 0 radical (unpaired) electrons. The third-order valence-electron chi connectivity index (χ3n) is 12.4. The van der Waals surface area contributed by atoms with E-state index in [1.165, 1.54) is 0 Å². The molecule has 0 heterocycles. The predicted octanol–water partition coefficient (Wildman–Crippen LogP) is 10.1. The molecule has 2 fully saturated rings. The van der Waals surface area contributed by atoms with Gasteiger partial charge in [-0.05, 0) is 96.5 Å². The van der Waals surface area contributed by atoms with Gasteiger partial charge < -0.3 is 24.0 Å². The van der Waals surface area contributed by atoms with Crippen molar-refractivity contribution in [2.75, 3.05) is 6.61 Å². The van der Waals surface area contributed by atoms with E-state index >= 15 is 4.79 Å². The smallest absolute Gasteiger partial charge is 0.338 e. The highest BCUT2D eigenvalue weighted by molar-refractivity contribution is 6.77. The van der Waals surface area contributed by atoms with Gasteiger partial charge in [-0.3, -0.25) is 4.79 Å². The second-order valence-electron chi connectivity index (χ2n) is 17.2. The molecule has 316 valence electrons. The van der Waals surface area contributed by atoms with Crippen LogP contribution in [0.4, 0.5) is 0 Å². The van der Waals surface area contributed by atoms with E-state index in [2.05, 4.69) is 60.0 Å². The normalized spacial score (nSPS) is 21.3. The van der Waals surface area contributed by atoms with Gasteiger partial charge in [0, 0.05) is 23.5 Å². The fraction of sp³-hybridized carbons (Fsp3) is 0.469. The lowest BCUT2D eigenvalue weighted by Crippen LogP contribution is -2.56. The lowest BCUT2D eigenvalue weighted by molar-refractivity contribution is -0.168. The minimum Gasteiger partial charge on any atom is -0.462 e. The first-order valence-electron chi connectivity index (χ1n) is 21.3. The first kappa shape index (κ1) is 45.3. The van der Waals surface area contributed by atoms with Gasteiger partial charge >= 0.3 is 17.9 Å². The summed E-state index contributed by atoms with van der Waals surface area (Å²) < 4.78 is 25.8. The second-order valence-corrected chi connectivity index (χ2v) is 22.6. The van der Waals surface area contributed by atoms with E-state index in [4.69, 9.17) is 18.6 Å². The van der Waals surface area contributed by atoms with Gasteiger partial charge in [0.15, 0.2) is 6.10 Å². The van der Waals surface area contributed by atoms with Crippen LogP contribution in [-0.4, -0.2) is 57.1 Å². The Labute approximate surface area is 352 Å². The van der Waals surface area contributed by atoms with Crippen LogP contribution in [0.25, 0.3) is 0 Å². The molecule has 9 nitrogen and oxygen atoms in total.